The second-order valence-corrected chi connectivity index (χ2v) is 3.69. The molecule has 0 aromatic carbocycles. The third-order valence-electron chi connectivity index (χ3n) is 1.67. The minimum absolute atomic E-state index is 0.242. The largest absolute Gasteiger partial charge is 0.478 e. The highest BCUT2D eigenvalue weighted by Crippen LogP contribution is 2.20. The normalized spacial score (nSPS) is 11.4. The molecule has 1 rings (SSSR count). The first-order valence-corrected chi connectivity index (χ1v) is 6.44. The van der Waals surface area contributed by atoms with Crippen molar-refractivity contribution in [2.24, 2.45) is 10.7 Å². The summed E-state index contributed by atoms with van der Waals surface area (Å²) >= 11 is 1.32. The van der Waals surface area contributed by atoms with Crippen LogP contribution in [-0.4, -0.2) is 34.6 Å². The van der Waals surface area contributed by atoms with Gasteiger partial charge in [0.15, 0.2) is 5.17 Å². The van der Waals surface area contributed by atoms with E-state index in [2.05, 4.69) is 15.0 Å². The van der Waals surface area contributed by atoms with Crippen molar-refractivity contribution < 1.29 is 9.47 Å². The van der Waals surface area contributed by atoms with Crippen LogP contribution < -0.4 is 15.2 Å². The summed E-state index contributed by atoms with van der Waals surface area (Å²) in [5.74, 6) is 1.10. The number of nitrogens with zero attached hydrogens (tertiary/aromatic N) is 3. The van der Waals surface area contributed by atoms with E-state index < -0.39 is 0 Å². The predicted molar refractivity (Wildman–Crippen MR) is 69.2 cm³/mol. The topological polar surface area (TPSA) is 82.6 Å². The van der Waals surface area contributed by atoms with Gasteiger partial charge < -0.3 is 15.2 Å². The number of nitrogens with two attached hydrogens (primary N) is 1. The van der Waals surface area contributed by atoms with Crippen LogP contribution in [0.25, 0.3) is 0 Å². The van der Waals surface area contributed by atoms with E-state index in [9.17, 15) is 0 Å². The summed E-state index contributed by atoms with van der Waals surface area (Å²) in [5.41, 5.74) is 5.60. The Morgan fingerprint density at radius 3 is 2.24 bits per heavy atom. The molecule has 0 fully saturated rings. The van der Waals surface area contributed by atoms with Crippen molar-refractivity contribution >= 4 is 22.9 Å². The third kappa shape index (κ3) is 4.48. The van der Waals surface area contributed by atoms with Crippen LogP contribution in [0.1, 0.15) is 13.8 Å². The van der Waals surface area contributed by atoms with E-state index in [-0.39, 0.29) is 5.95 Å². The van der Waals surface area contributed by atoms with E-state index in [1.807, 2.05) is 20.1 Å². The molecule has 0 aliphatic carbocycles. The number of hydrogen-bond acceptors (Lipinski definition) is 6. The molecular formula is C10H16N4O2S. The van der Waals surface area contributed by atoms with Gasteiger partial charge in [0.25, 0.3) is 5.95 Å². The first-order valence-electron chi connectivity index (χ1n) is 5.22. The number of hydrogen-bond donors (Lipinski definition) is 1. The van der Waals surface area contributed by atoms with Crippen molar-refractivity contribution in [3.05, 3.63) is 6.07 Å². The smallest absolute Gasteiger partial charge is 0.258 e. The number of ether oxygens (including phenoxy) is 2. The van der Waals surface area contributed by atoms with Gasteiger partial charge in [0.1, 0.15) is 0 Å². The maximum atomic E-state index is 5.60. The van der Waals surface area contributed by atoms with Crippen molar-refractivity contribution in [1.29, 1.82) is 0 Å². The molecule has 1 aromatic heterocycles. The summed E-state index contributed by atoms with van der Waals surface area (Å²) in [4.78, 5) is 12.2. The number of amidine groups is 1. The first-order chi connectivity index (χ1) is 8.19. The Balaban J connectivity index is 3.02. The van der Waals surface area contributed by atoms with Gasteiger partial charge in [0.05, 0.1) is 19.3 Å². The number of aliphatic imine (C=N–C) groups is 1. The average Bonchev–Trinajstić information content (AvgIpc) is 2.29. The maximum Gasteiger partial charge on any atom is 0.258 e. The first kappa shape index (κ1) is 13.6. The van der Waals surface area contributed by atoms with E-state index in [0.29, 0.717) is 30.1 Å². The standard InChI is InChI=1S/C10H16N4O2S/c1-4-15-7-6-8(16-5-2)13-10(12-7)14-9(11)17-3/h6H,4-5H2,1-3H3,(H2,11,12,13,14). The van der Waals surface area contributed by atoms with Crippen molar-refractivity contribution in [3.63, 3.8) is 0 Å². The molecule has 0 bridgehead atoms. The highest BCUT2D eigenvalue weighted by atomic mass is 32.2. The molecule has 1 aromatic rings. The van der Waals surface area contributed by atoms with Crippen LogP contribution in [0.2, 0.25) is 0 Å². The van der Waals surface area contributed by atoms with E-state index in [1.165, 1.54) is 11.8 Å². The van der Waals surface area contributed by atoms with Crippen molar-refractivity contribution in [3.8, 4) is 11.8 Å². The van der Waals surface area contributed by atoms with E-state index >= 15 is 0 Å². The third-order valence-corrected chi connectivity index (χ3v) is 2.18. The van der Waals surface area contributed by atoms with Crippen LogP contribution in [0.15, 0.2) is 11.1 Å². The minimum atomic E-state index is 0.242. The highest BCUT2D eigenvalue weighted by molar-refractivity contribution is 8.13. The molecule has 2 N–H and O–H groups in total. The SMILES string of the molecule is CCOc1cc(OCC)nc(N=C(N)SC)n1. The van der Waals surface area contributed by atoms with Gasteiger partial charge in [-0.1, -0.05) is 11.8 Å². The number of thioether (sulfide) groups is 1. The van der Waals surface area contributed by atoms with Gasteiger partial charge in [0, 0.05) is 0 Å². The molecule has 17 heavy (non-hydrogen) atoms. The van der Waals surface area contributed by atoms with Crippen LogP contribution in [0.5, 0.6) is 11.8 Å². The molecule has 0 spiro atoms. The van der Waals surface area contributed by atoms with Crippen LogP contribution in [0.3, 0.4) is 0 Å². The number of rotatable bonds is 5. The molecular weight excluding hydrogens is 240 g/mol. The Morgan fingerprint density at radius 2 is 1.82 bits per heavy atom. The molecule has 7 heteroatoms. The quantitative estimate of drug-likeness (QED) is 0.636. The summed E-state index contributed by atoms with van der Waals surface area (Å²) in [7, 11) is 0. The molecule has 0 aliphatic rings. The average molecular weight is 256 g/mol. The fourth-order valence-corrected chi connectivity index (χ4v) is 1.20. The summed E-state index contributed by atoms with van der Waals surface area (Å²) in [5, 5.41) is 0.390. The van der Waals surface area contributed by atoms with E-state index in [4.69, 9.17) is 15.2 Å². The fraction of sp³-hybridized carbons (Fsp3) is 0.500. The molecule has 0 aliphatic heterocycles. The van der Waals surface area contributed by atoms with Gasteiger partial charge >= 0.3 is 0 Å². The zero-order valence-corrected chi connectivity index (χ0v) is 11.0. The van der Waals surface area contributed by atoms with Crippen LogP contribution in [0.4, 0.5) is 5.95 Å². The second kappa shape index (κ2) is 6.95. The molecule has 1 heterocycles. The molecule has 0 saturated carbocycles. The maximum absolute atomic E-state index is 5.60. The zero-order valence-electron chi connectivity index (χ0n) is 10.1. The molecule has 94 valence electrons. The molecule has 0 atom stereocenters. The lowest BCUT2D eigenvalue weighted by Gasteiger charge is -2.06. The summed E-state index contributed by atoms with van der Waals surface area (Å²) in [6.07, 6.45) is 1.83. The van der Waals surface area contributed by atoms with Gasteiger partial charge in [0.2, 0.25) is 11.8 Å². The van der Waals surface area contributed by atoms with Crippen molar-refractivity contribution in [2.45, 2.75) is 13.8 Å². The second-order valence-electron chi connectivity index (χ2n) is 2.86. The molecule has 0 unspecified atom stereocenters. The molecule has 0 amide bonds. The van der Waals surface area contributed by atoms with E-state index in [1.54, 1.807) is 6.07 Å². The van der Waals surface area contributed by atoms with Crippen molar-refractivity contribution in [1.82, 2.24) is 9.97 Å². The van der Waals surface area contributed by atoms with Crippen LogP contribution >= 0.6 is 11.8 Å². The molecule has 0 saturated heterocycles. The summed E-state index contributed by atoms with van der Waals surface area (Å²) in [6.45, 7) is 4.79. The Hall–Kier alpha value is -1.50. The Kier molecular flexibility index (Phi) is 5.55. The molecule has 0 radical (unpaired) electrons. The Bertz CT molecular complexity index is 374. The van der Waals surface area contributed by atoms with Gasteiger partial charge in [-0.05, 0) is 20.1 Å². The van der Waals surface area contributed by atoms with Gasteiger partial charge in [-0.15, -0.1) is 0 Å². The Morgan fingerprint density at radius 1 is 1.29 bits per heavy atom. The highest BCUT2D eigenvalue weighted by Gasteiger charge is 2.06. The lowest BCUT2D eigenvalue weighted by Crippen LogP contribution is -2.06. The fourth-order valence-electron chi connectivity index (χ4n) is 1.03. The lowest BCUT2D eigenvalue weighted by atomic mass is 10.6. The van der Waals surface area contributed by atoms with Crippen LogP contribution in [0, 0.1) is 0 Å². The van der Waals surface area contributed by atoms with Crippen molar-refractivity contribution in [2.75, 3.05) is 19.5 Å². The summed E-state index contributed by atoms with van der Waals surface area (Å²) < 4.78 is 10.6. The zero-order chi connectivity index (χ0) is 12.7. The van der Waals surface area contributed by atoms with Gasteiger partial charge in [-0.2, -0.15) is 15.0 Å². The monoisotopic (exact) mass is 256 g/mol. The van der Waals surface area contributed by atoms with Gasteiger partial charge in [-0.25, -0.2) is 0 Å². The van der Waals surface area contributed by atoms with Crippen LogP contribution in [-0.2, 0) is 0 Å². The van der Waals surface area contributed by atoms with E-state index in [0.717, 1.165) is 0 Å². The number of aromatic nitrogens is 2. The summed E-state index contributed by atoms with van der Waals surface area (Å²) in [6, 6.07) is 1.63. The minimum Gasteiger partial charge on any atom is -0.478 e. The Labute approximate surface area is 105 Å². The molecule has 6 nitrogen and oxygen atoms in total. The predicted octanol–water partition coefficient (Wildman–Crippen LogP) is 1.58. The lowest BCUT2D eigenvalue weighted by molar-refractivity contribution is 0.306. The van der Waals surface area contributed by atoms with Gasteiger partial charge in [-0.3, -0.25) is 0 Å².